The van der Waals surface area contributed by atoms with Gasteiger partial charge in [-0.05, 0) is 39.2 Å². The number of amides is 1. The molecule has 5 heteroatoms. The predicted molar refractivity (Wildman–Crippen MR) is 96.3 cm³/mol. The molecule has 0 saturated carbocycles. The lowest BCUT2D eigenvalue weighted by Crippen LogP contribution is -2.42. The van der Waals surface area contributed by atoms with Crippen LogP contribution in [0.25, 0.3) is 0 Å². The van der Waals surface area contributed by atoms with Gasteiger partial charge in [-0.3, -0.25) is 4.90 Å². The highest BCUT2D eigenvalue weighted by molar-refractivity contribution is 8.22. The zero-order valence-electron chi connectivity index (χ0n) is 13.4. The van der Waals surface area contributed by atoms with Crippen molar-refractivity contribution in [2.75, 3.05) is 6.54 Å². The summed E-state index contributed by atoms with van der Waals surface area (Å²) in [4.78, 5) is 14.1. The lowest BCUT2D eigenvalue weighted by atomic mass is 10.2. The molecule has 1 fully saturated rings. The summed E-state index contributed by atoms with van der Waals surface area (Å²) in [5.41, 5.74) is 0.778. The van der Waals surface area contributed by atoms with Gasteiger partial charge >= 0.3 is 6.09 Å². The van der Waals surface area contributed by atoms with Crippen molar-refractivity contribution in [2.24, 2.45) is 0 Å². The quantitative estimate of drug-likeness (QED) is 0.751. The van der Waals surface area contributed by atoms with Gasteiger partial charge in [-0.25, -0.2) is 4.79 Å². The average molecular weight is 338 g/mol. The molecule has 0 aliphatic carbocycles. The van der Waals surface area contributed by atoms with Crippen LogP contribution >= 0.6 is 24.0 Å². The molecule has 1 aliphatic rings. The summed E-state index contributed by atoms with van der Waals surface area (Å²) in [5.74, 6) is 0.846. The van der Waals surface area contributed by atoms with Gasteiger partial charge < -0.3 is 4.74 Å². The van der Waals surface area contributed by atoms with Gasteiger partial charge in [0.1, 0.15) is 5.60 Å². The fourth-order valence-electron chi connectivity index (χ4n) is 2.38. The summed E-state index contributed by atoms with van der Waals surface area (Å²) < 4.78 is 6.36. The van der Waals surface area contributed by atoms with E-state index in [2.05, 4.69) is 12.1 Å². The van der Waals surface area contributed by atoms with Gasteiger partial charge in [0.2, 0.25) is 0 Å². The molecule has 1 amide bonds. The lowest BCUT2D eigenvalue weighted by Gasteiger charge is -2.28. The largest absolute Gasteiger partial charge is 0.444 e. The molecule has 0 spiro atoms. The molecule has 2 rings (SSSR count). The third-order valence-corrected chi connectivity index (χ3v) is 5.04. The first kappa shape index (κ1) is 17.3. The van der Waals surface area contributed by atoms with Gasteiger partial charge in [0, 0.05) is 12.3 Å². The number of hydrogen-bond donors (Lipinski definition) is 0. The molecule has 1 atom stereocenters. The number of carbonyl (C=O) groups excluding carboxylic acids is 1. The van der Waals surface area contributed by atoms with Crippen LogP contribution in [-0.4, -0.2) is 33.4 Å². The molecule has 0 aromatic heterocycles. The molecule has 3 nitrogen and oxygen atoms in total. The van der Waals surface area contributed by atoms with Gasteiger partial charge in [0.25, 0.3) is 0 Å². The fourth-order valence-corrected chi connectivity index (χ4v) is 3.74. The van der Waals surface area contributed by atoms with Crippen molar-refractivity contribution in [2.45, 2.75) is 51.0 Å². The van der Waals surface area contributed by atoms with Crippen molar-refractivity contribution in [1.29, 1.82) is 0 Å². The number of ether oxygens (including phenoxy) is 1. The Balaban J connectivity index is 1.92. The minimum Gasteiger partial charge on any atom is -0.444 e. The summed E-state index contributed by atoms with van der Waals surface area (Å²) in [6.45, 7) is 6.39. The summed E-state index contributed by atoms with van der Waals surface area (Å²) in [6, 6.07) is 10.3. The summed E-state index contributed by atoms with van der Waals surface area (Å²) in [5, 5.41) is 0. The molecule has 1 heterocycles. The zero-order valence-corrected chi connectivity index (χ0v) is 15.0. The standard InChI is InChI=1S/C17H23NO2S2/c1-17(2,3)20-16(19)18-11-7-10-14(18)15(21)22-12-13-8-5-4-6-9-13/h4-6,8-9,14H,7,10-12H2,1-3H3. The van der Waals surface area contributed by atoms with Crippen molar-refractivity contribution in [3.05, 3.63) is 35.9 Å². The smallest absolute Gasteiger partial charge is 0.410 e. The topological polar surface area (TPSA) is 29.5 Å². The highest BCUT2D eigenvalue weighted by Crippen LogP contribution is 2.27. The van der Waals surface area contributed by atoms with Crippen LogP contribution in [0.5, 0.6) is 0 Å². The van der Waals surface area contributed by atoms with E-state index in [-0.39, 0.29) is 12.1 Å². The molecule has 0 bridgehead atoms. The fraction of sp³-hybridized carbons (Fsp3) is 0.529. The average Bonchev–Trinajstić information content (AvgIpc) is 2.93. The Morgan fingerprint density at radius 2 is 2.05 bits per heavy atom. The van der Waals surface area contributed by atoms with Gasteiger partial charge in [-0.1, -0.05) is 42.5 Å². The first-order chi connectivity index (χ1) is 10.4. The van der Waals surface area contributed by atoms with Gasteiger partial charge in [-0.2, -0.15) is 0 Å². The van der Waals surface area contributed by atoms with Crippen molar-refractivity contribution >= 4 is 34.3 Å². The Hall–Kier alpha value is -1.07. The maximum absolute atomic E-state index is 12.3. The van der Waals surface area contributed by atoms with E-state index in [4.69, 9.17) is 17.0 Å². The number of likely N-dealkylation sites (tertiary alicyclic amines) is 1. The zero-order chi connectivity index (χ0) is 16.2. The van der Waals surface area contributed by atoms with Crippen LogP contribution < -0.4 is 0 Å². The number of carbonyl (C=O) groups is 1. The Morgan fingerprint density at radius 1 is 1.36 bits per heavy atom. The van der Waals surface area contributed by atoms with E-state index in [1.54, 1.807) is 16.7 Å². The third kappa shape index (κ3) is 4.99. The molecule has 22 heavy (non-hydrogen) atoms. The molecule has 0 radical (unpaired) electrons. The molecule has 1 aliphatic heterocycles. The number of nitrogens with zero attached hydrogens (tertiary/aromatic N) is 1. The first-order valence-corrected chi connectivity index (χ1v) is 8.96. The molecule has 1 aromatic rings. The van der Waals surface area contributed by atoms with Crippen molar-refractivity contribution in [3.8, 4) is 0 Å². The van der Waals surface area contributed by atoms with Crippen molar-refractivity contribution in [1.82, 2.24) is 4.90 Å². The van der Waals surface area contributed by atoms with E-state index in [1.807, 2.05) is 39.0 Å². The van der Waals surface area contributed by atoms with Crippen LogP contribution in [0.4, 0.5) is 4.79 Å². The van der Waals surface area contributed by atoms with Gasteiger partial charge in [-0.15, -0.1) is 11.8 Å². The number of hydrogen-bond acceptors (Lipinski definition) is 4. The second-order valence-electron chi connectivity index (χ2n) is 6.43. The lowest BCUT2D eigenvalue weighted by molar-refractivity contribution is 0.0269. The van der Waals surface area contributed by atoms with Crippen LogP contribution in [0, 0.1) is 0 Å². The maximum atomic E-state index is 12.3. The molecule has 0 N–H and O–H groups in total. The highest BCUT2D eigenvalue weighted by atomic mass is 32.2. The third-order valence-electron chi connectivity index (χ3n) is 3.38. The van der Waals surface area contributed by atoms with Crippen LogP contribution in [0.2, 0.25) is 0 Å². The number of rotatable bonds is 3. The van der Waals surface area contributed by atoms with Gasteiger partial charge in [0.15, 0.2) is 0 Å². The SMILES string of the molecule is CC(C)(C)OC(=O)N1CCCC1C(=S)SCc1ccccc1. The van der Waals surface area contributed by atoms with E-state index < -0.39 is 5.60 Å². The van der Waals surface area contributed by atoms with Crippen LogP contribution in [0.3, 0.4) is 0 Å². The second kappa shape index (κ2) is 7.47. The second-order valence-corrected chi connectivity index (χ2v) is 8.14. The molecule has 120 valence electrons. The first-order valence-electron chi connectivity index (χ1n) is 7.57. The molecular weight excluding hydrogens is 314 g/mol. The summed E-state index contributed by atoms with van der Waals surface area (Å²) >= 11 is 7.21. The van der Waals surface area contributed by atoms with E-state index in [0.29, 0.717) is 0 Å². The van der Waals surface area contributed by atoms with E-state index in [0.717, 1.165) is 29.3 Å². The van der Waals surface area contributed by atoms with E-state index in [9.17, 15) is 4.79 Å². The van der Waals surface area contributed by atoms with Crippen LogP contribution in [0.1, 0.15) is 39.2 Å². The normalized spacial score (nSPS) is 18.3. The van der Waals surface area contributed by atoms with Gasteiger partial charge in [0.05, 0.1) is 10.2 Å². The Kier molecular flexibility index (Phi) is 5.87. The Labute approximate surface area is 142 Å². The number of benzene rings is 1. The highest BCUT2D eigenvalue weighted by Gasteiger charge is 2.34. The summed E-state index contributed by atoms with van der Waals surface area (Å²) in [6.07, 6.45) is 1.66. The van der Waals surface area contributed by atoms with E-state index in [1.165, 1.54) is 5.56 Å². The molecule has 1 saturated heterocycles. The minimum atomic E-state index is -0.469. The van der Waals surface area contributed by atoms with Crippen LogP contribution in [0.15, 0.2) is 30.3 Å². The molecular formula is C17H23NO2S2. The monoisotopic (exact) mass is 337 g/mol. The maximum Gasteiger partial charge on any atom is 0.410 e. The predicted octanol–water partition coefficient (Wildman–Crippen LogP) is 4.65. The molecule has 1 aromatic carbocycles. The number of thioether (sulfide) groups is 1. The summed E-state index contributed by atoms with van der Waals surface area (Å²) in [7, 11) is 0. The van der Waals surface area contributed by atoms with Crippen molar-refractivity contribution < 1.29 is 9.53 Å². The van der Waals surface area contributed by atoms with Crippen LogP contribution in [-0.2, 0) is 10.5 Å². The van der Waals surface area contributed by atoms with Crippen molar-refractivity contribution in [3.63, 3.8) is 0 Å². The Morgan fingerprint density at radius 3 is 2.68 bits per heavy atom. The number of thiocarbonyl (C=S) groups is 1. The minimum absolute atomic E-state index is 0.0126. The van der Waals surface area contributed by atoms with E-state index >= 15 is 0 Å². The Bertz CT molecular complexity index is 525. The molecule has 1 unspecified atom stereocenters.